The fraction of sp³-hybridized carbons (Fsp3) is 0.261. The van der Waals surface area contributed by atoms with Gasteiger partial charge in [-0.15, -0.1) is 21.5 Å². The van der Waals surface area contributed by atoms with E-state index >= 15 is 0 Å². The fourth-order valence-corrected chi connectivity index (χ4v) is 5.21. The standard InChI is InChI=1S/C23H24N8S/c1-4-19(30(2)3)21(31-12-11-24-14-31)17-9-10-18-20(13-17)32-23(25-18)16-7-5-15(6-8-16)22-26-28-29-27-22/h5-14,19,21H,4H2,1-3H3,(H,26,27,28,29). The summed E-state index contributed by atoms with van der Waals surface area (Å²) in [6.45, 7) is 2.23. The Balaban J connectivity index is 1.50. The van der Waals surface area contributed by atoms with Gasteiger partial charge in [-0.3, -0.25) is 0 Å². The normalized spacial score (nSPS) is 13.6. The quantitative estimate of drug-likeness (QED) is 0.403. The molecule has 2 atom stereocenters. The Morgan fingerprint density at radius 2 is 1.91 bits per heavy atom. The molecule has 0 bridgehead atoms. The lowest BCUT2D eigenvalue weighted by molar-refractivity contribution is 0.227. The summed E-state index contributed by atoms with van der Waals surface area (Å²) in [4.78, 5) is 11.5. The number of H-pyrrole nitrogens is 1. The smallest absolute Gasteiger partial charge is 0.204 e. The Morgan fingerprint density at radius 3 is 2.56 bits per heavy atom. The van der Waals surface area contributed by atoms with Gasteiger partial charge in [-0.05, 0) is 43.4 Å². The zero-order valence-electron chi connectivity index (χ0n) is 18.2. The number of likely N-dealkylation sites (N-methyl/N-ethyl adjacent to an activating group) is 1. The molecule has 0 radical (unpaired) electrons. The van der Waals surface area contributed by atoms with E-state index in [-0.39, 0.29) is 6.04 Å². The van der Waals surface area contributed by atoms with Gasteiger partial charge in [0.25, 0.3) is 0 Å². The van der Waals surface area contributed by atoms with E-state index < -0.39 is 0 Å². The van der Waals surface area contributed by atoms with Crippen molar-refractivity contribution in [1.29, 1.82) is 0 Å². The average molecular weight is 445 g/mol. The highest BCUT2D eigenvalue weighted by Gasteiger charge is 2.25. The van der Waals surface area contributed by atoms with Crippen molar-refractivity contribution in [1.82, 2.24) is 40.1 Å². The highest BCUT2D eigenvalue weighted by atomic mass is 32.1. The van der Waals surface area contributed by atoms with Crippen molar-refractivity contribution < 1.29 is 0 Å². The van der Waals surface area contributed by atoms with E-state index in [0.717, 1.165) is 28.1 Å². The van der Waals surface area contributed by atoms with E-state index in [9.17, 15) is 0 Å². The number of rotatable bonds is 7. The molecule has 32 heavy (non-hydrogen) atoms. The van der Waals surface area contributed by atoms with E-state index in [0.29, 0.717) is 11.9 Å². The molecule has 8 nitrogen and oxygen atoms in total. The van der Waals surface area contributed by atoms with Gasteiger partial charge in [-0.2, -0.15) is 5.21 Å². The Hall–Kier alpha value is -3.43. The first-order valence-electron chi connectivity index (χ1n) is 10.5. The molecule has 0 aliphatic carbocycles. The molecule has 0 amide bonds. The van der Waals surface area contributed by atoms with Crippen molar-refractivity contribution in [3.05, 3.63) is 66.7 Å². The van der Waals surface area contributed by atoms with Crippen molar-refractivity contribution in [3.63, 3.8) is 0 Å². The predicted octanol–water partition coefficient (Wildman–Crippen LogP) is 4.27. The molecule has 2 unspecified atom stereocenters. The van der Waals surface area contributed by atoms with Crippen LogP contribution in [0.25, 0.3) is 32.2 Å². The lowest BCUT2D eigenvalue weighted by atomic mass is 9.96. The highest BCUT2D eigenvalue weighted by Crippen LogP contribution is 2.35. The van der Waals surface area contributed by atoms with Crippen LogP contribution >= 0.6 is 11.3 Å². The van der Waals surface area contributed by atoms with Crippen LogP contribution in [0.1, 0.15) is 24.9 Å². The van der Waals surface area contributed by atoms with Crippen LogP contribution in [0.4, 0.5) is 0 Å². The Bertz CT molecular complexity index is 1290. The van der Waals surface area contributed by atoms with Gasteiger partial charge < -0.3 is 9.47 Å². The van der Waals surface area contributed by atoms with E-state index in [1.807, 2.05) is 30.9 Å². The SMILES string of the molecule is CCC(C(c1ccc2nc(-c3ccc(-c4nn[nH]n4)cc3)sc2c1)n1ccnc1)N(C)C. The minimum atomic E-state index is 0.182. The number of aromatic amines is 1. The summed E-state index contributed by atoms with van der Waals surface area (Å²) in [5.41, 5.74) is 4.27. The molecule has 0 saturated carbocycles. The molecule has 0 fully saturated rings. The van der Waals surface area contributed by atoms with Crippen molar-refractivity contribution in [2.75, 3.05) is 14.1 Å². The summed E-state index contributed by atoms with van der Waals surface area (Å²) in [5, 5.41) is 15.2. The predicted molar refractivity (Wildman–Crippen MR) is 126 cm³/mol. The maximum atomic E-state index is 4.88. The molecular weight excluding hydrogens is 420 g/mol. The number of imidazole rings is 1. The van der Waals surface area contributed by atoms with Crippen LogP contribution < -0.4 is 0 Å². The molecule has 2 aromatic carbocycles. The maximum absolute atomic E-state index is 4.88. The third-order valence-corrected chi connectivity index (χ3v) is 6.85. The van der Waals surface area contributed by atoms with Gasteiger partial charge in [0.15, 0.2) is 0 Å². The van der Waals surface area contributed by atoms with Crippen LogP contribution in [0.2, 0.25) is 0 Å². The minimum Gasteiger partial charge on any atom is -0.328 e. The lowest BCUT2D eigenvalue weighted by Gasteiger charge is -2.33. The Labute approximate surface area is 190 Å². The molecule has 0 aliphatic rings. The van der Waals surface area contributed by atoms with Crippen molar-refractivity contribution >= 4 is 21.6 Å². The van der Waals surface area contributed by atoms with Crippen molar-refractivity contribution in [2.24, 2.45) is 0 Å². The molecule has 0 spiro atoms. The van der Waals surface area contributed by atoms with Crippen LogP contribution in [0.15, 0.2) is 61.2 Å². The topological polar surface area (TPSA) is 88.4 Å². The number of nitrogens with zero attached hydrogens (tertiary/aromatic N) is 7. The fourth-order valence-electron chi connectivity index (χ4n) is 4.19. The second kappa shape index (κ2) is 8.60. The van der Waals surface area contributed by atoms with Gasteiger partial charge in [0.2, 0.25) is 5.82 Å². The number of hydrogen-bond donors (Lipinski definition) is 1. The summed E-state index contributed by atoms with van der Waals surface area (Å²) in [6.07, 6.45) is 6.83. The molecule has 3 heterocycles. The van der Waals surface area contributed by atoms with E-state index in [4.69, 9.17) is 4.98 Å². The largest absolute Gasteiger partial charge is 0.328 e. The maximum Gasteiger partial charge on any atom is 0.204 e. The molecule has 9 heteroatoms. The average Bonchev–Trinajstić information content (AvgIpc) is 3.58. The van der Waals surface area contributed by atoms with Crippen LogP contribution in [0.3, 0.4) is 0 Å². The number of benzene rings is 2. The highest BCUT2D eigenvalue weighted by molar-refractivity contribution is 7.21. The van der Waals surface area contributed by atoms with Crippen LogP contribution in [-0.2, 0) is 0 Å². The number of nitrogens with one attached hydrogen (secondary N) is 1. The van der Waals surface area contributed by atoms with Gasteiger partial charge in [0.05, 0.1) is 22.6 Å². The summed E-state index contributed by atoms with van der Waals surface area (Å²) >= 11 is 1.71. The van der Waals surface area contributed by atoms with Gasteiger partial charge in [-0.25, -0.2) is 9.97 Å². The Kier molecular flexibility index (Phi) is 5.50. The number of hydrogen-bond acceptors (Lipinski definition) is 7. The Morgan fingerprint density at radius 1 is 1.09 bits per heavy atom. The summed E-state index contributed by atoms with van der Waals surface area (Å²) in [6, 6.07) is 15.2. The molecular formula is C23H24N8S. The van der Waals surface area contributed by atoms with Gasteiger partial charge in [0.1, 0.15) is 5.01 Å². The summed E-state index contributed by atoms with van der Waals surface area (Å²) in [7, 11) is 4.28. The molecule has 5 rings (SSSR count). The van der Waals surface area contributed by atoms with E-state index in [1.165, 1.54) is 10.3 Å². The molecule has 5 aromatic rings. The van der Waals surface area contributed by atoms with Gasteiger partial charge in [0, 0.05) is 29.6 Å². The van der Waals surface area contributed by atoms with Crippen molar-refractivity contribution in [2.45, 2.75) is 25.4 Å². The first-order chi connectivity index (χ1) is 15.6. The summed E-state index contributed by atoms with van der Waals surface area (Å²) in [5.74, 6) is 0.586. The zero-order valence-corrected chi connectivity index (χ0v) is 19.0. The third kappa shape index (κ3) is 3.80. The van der Waals surface area contributed by atoms with E-state index in [2.05, 4.69) is 86.4 Å². The van der Waals surface area contributed by atoms with Gasteiger partial charge in [-0.1, -0.05) is 37.3 Å². The lowest BCUT2D eigenvalue weighted by Crippen LogP contribution is -2.36. The summed E-state index contributed by atoms with van der Waals surface area (Å²) < 4.78 is 3.38. The van der Waals surface area contributed by atoms with Crippen molar-refractivity contribution in [3.8, 4) is 22.0 Å². The number of tetrazole rings is 1. The number of aromatic nitrogens is 7. The monoisotopic (exact) mass is 444 g/mol. The van der Waals surface area contributed by atoms with E-state index in [1.54, 1.807) is 11.3 Å². The van der Waals surface area contributed by atoms with Crippen LogP contribution in [-0.4, -0.2) is 60.2 Å². The molecule has 0 aliphatic heterocycles. The molecule has 0 saturated heterocycles. The van der Waals surface area contributed by atoms with Crippen LogP contribution in [0, 0.1) is 0 Å². The second-order valence-electron chi connectivity index (χ2n) is 7.95. The molecule has 1 N–H and O–H groups in total. The third-order valence-electron chi connectivity index (χ3n) is 5.78. The first-order valence-corrected chi connectivity index (χ1v) is 11.3. The molecule has 3 aromatic heterocycles. The number of thiazole rings is 1. The molecule has 162 valence electrons. The van der Waals surface area contributed by atoms with Crippen LogP contribution in [0.5, 0.6) is 0 Å². The minimum absolute atomic E-state index is 0.182. The number of fused-ring (bicyclic) bond motifs is 1. The van der Waals surface area contributed by atoms with Gasteiger partial charge >= 0.3 is 0 Å². The second-order valence-corrected chi connectivity index (χ2v) is 8.98. The zero-order chi connectivity index (χ0) is 22.1. The first kappa shape index (κ1) is 20.5.